The number of aromatic nitrogens is 1. The van der Waals surface area contributed by atoms with Crippen molar-refractivity contribution in [2.45, 2.75) is 19.4 Å². The Labute approximate surface area is 93.3 Å². The second-order valence-corrected chi connectivity index (χ2v) is 4.06. The Kier molecular flexibility index (Phi) is 3.05. The van der Waals surface area contributed by atoms with Crippen LogP contribution < -0.4 is 16.1 Å². The summed E-state index contributed by atoms with van der Waals surface area (Å²) in [6.07, 6.45) is 2.38. The summed E-state index contributed by atoms with van der Waals surface area (Å²) in [6.45, 7) is 3.47. The Morgan fingerprint density at radius 1 is 1.56 bits per heavy atom. The van der Waals surface area contributed by atoms with Crippen LogP contribution in [0.2, 0.25) is 0 Å². The fourth-order valence-electron chi connectivity index (χ4n) is 1.79. The first kappa shape index (κ1) is 10.9. The minimum atomic E-state index is -0.296. The Morgan fingerprint density at radius 2 is 2.38 bits per heavy atom. The number of aryl methyl sites for hydroxylation is 1. The molecule has 5 nitrogen and oxygen atoms in total. The van der Waals surface area contributed by atoms with Gasteiger partial charge >= 0.3 is 0 Å². The van der Waals surface area contributed by atoms with Crippen LogP contribution in [-0.2, 0) is 0 Å². The molecule has 1 fully saturated rings. The number of pyridine rings is 1. The first-order valence-corrected chi connectivity index (χ1v) is 5.38. The number of carbonyl (C=O) groups is 1. The van der Waals surface area contributed by atoms with Crippen LogP contribution >= 0.6 is 0 Å². The van der Waals surface area contributed by atoms with Crippen molar-refractivity contribution in [3.63, 3.8) is 0 Å². The molecule has 1 atom stereocenters. The molecule has 1 aliphatic rings. The molecular weight excluding hydrogens is 206 g/mol. The van der Waals surface area contributed by atoms with Crippen LogP contribution in [-0.4, -0.2) is 30.0 Å². The van der Waals surface area contributed by atoms with Gasteiger partial charge in [-0.05, 0) is 19.9 Å². The fraction of sp³-hybridized carbons (Fsp3) is 0.455. The van der Waals surface area contributed by atoms with Crippen molar-refractivity contribution in [3.8, 4) is 0 Å². The van der Waals surface area contributed by atoms with E-state index in [1.807, 2.05) is 0 Å². The van der Waals surface area contributed by atoms with Gasteiger partial charge in [0, 0.05) is 30.5 Å². The van der Waals surface area contributed by atoms with E-state index < -0.39 is 0 Å². The lowest BCUT2D eigenvalue weighted by atomic mass is 10.2. The zero-order valence-electron chi connectivity index (χ0n) is 9.17. The van der Waals surface area contributed by atoms with E-state index in [4.69, 9.17) is 0 Å². The zero-order chi connectivity index (χ0) is 11.5. The number of hydrogen-bond acceptors (Lipinski definition) is 3. The smallest absolute Gasteiger partial charge is 0.257 e. The first-order chi connectivity index (χ1) is 7.66. The van der Waals surface area contributed by atoms with Gasteiger partial charge in [-0.1, -0.05) is 0 Å². The Morgan fingerprint density at radius 3 is 3.00 bits per heavy atom. The molecule has 0 saturated carbocycles. The normalized spacial score (nSPS) is 19.7. The molecule has 86 valence electrons. The number of nitrogens with one attached hydrogen (secondary N) is 3. The largest absolute Gasteiger partial charge is 0.364 e. The molecule has 0 aliphatic carbocycles. The van der Waals surface area contributed by atoms with Crippen molar-refractivity contribution in [1.82, 2.24) is 15.6 Å². The van der Waals surface area contributed by atoms with E-state index in [1.165, 1.54) is 12.3 Å². The highest BCUT2D eigenvalue weighted by atomic mass is 16.2. The maximum absolute atomic E-state index is 11.8. The van der Waals surface area contributed by atoms with Crippen LogP contribution in [0.25, 0.3) is 0 Å². The summed E-state index contributed by atoms with van der Waals surface area (Å²) in [5.41, 5.74) is 0.696. The number of hydrogen-bond donors (Lipinski definition) is 3. The maximum atomic E-state index is 11.8. The van der Waals surface area contributed by atoms with E-state index in [0.29, 0.717) is 0 Å². The van der Waals surface area contributed by atoms with Crippen molar-refractivity contribution in [2.75, 3.05) is 13.1 Å². The van der Waals surface area contributed by atoms with Gasteiger partial charge < -0.3 is 15.6 Å². The molecule has 3 N–H and O–H groups in total. The Balaban J connectivity index is 2.11. The highest BCUT2D eigenvalue weighted by Gasteiger charge is 2.18. The second kappa shape index (κ2) is 4.49. The van der Waals surface area contributed by atoms with E-state index >= 15 is 0 Å². The van der Waals surface area contributed by atoms with Gasteiger partial charge in [-0.3, -0.25) is 9.59 Å². The molecule has 1 saturated heterocycles. The monoisotopic (exact) mass is 221 g/mol. The molecule has 0 spiro atoms. The lowest BCUT2D eigenvalue weighted by Crippen LogP contribution is -2.38. The van der Waals surface area contributed by atoms with Gasteiger partial charge in [0.2, 0.25) is 0 Å². The summed E-state index contributed by atoms with van der Waals surface area (Å²) in [4.78, 5) is 26.2. The van der Waals surface area contributed by atoms with Gasteiger partial charge in [-0.25, -0.2) is 0 Å². The number of amides is 1. The second-order valence-electron chi connectivity index (χ2n) is 4.06. The summed E-state index contributed by atoms with van der Waals surface area (Å²) in [6, 6.07) is 1.56. The summed E-state index contributed by atoms with van der Waals surface area (Å²) in [7, 11) is 0. The molecule has 0 bridgehead atoms. The molecule has 0 unspecified atom stereocenters. The lowest BCUT2D eigenvalue weighted by molar-refractivity contribution is 0.0938. The van der Waals surface area contributed by atoms with Gasteiger partial charge in [-0.2, -0.15) is 0 Å². The highest BCUT2D eigenvalue weighted by molar-refractivity contribution is 5.94. The van der Waals surface area contributed by atoms with Gasteiger partial charge in [0.05, 0.1) is 0 Å². The zero-order valence-corrected chi connectivity index (χ0v) is 9.17. The summed E-state index contributed by atoms with van der Waals surface area (Å²) >= 11 is 0. The minimum absolute atomic E-state index is 0.133. The van der Waals surface area contributed by atoms with Crippen molar-refractivity contribution in [1.29, 1.82) is 0 Å². The van der Waals surface area contributed by atoms with Crippen molar-refractivity contribution >= 4 is 5.91 Å². The van der Waals surface area contributed by atoms with Gasteiger partial charge in [0.1, 0.15) is 5.56 Å². The Hall–Kier alpha value is -1.62. The number of carbonyl (C=O) groups excluding carboxylic acids is 1. The van der Waals surface area contributed by atoms with Crippen LogP contribution in [0.1, 0.15) is 22.5 Å². The highest BCUT2D eigenvalue weighted by Crippen LogP contribution is 1.99. The molecule has 16 heavy (non-hydrogen) atoms. The molecule has 0 aromatic carbocycles. The molecule has 1 aliphatic heterocycles. The van der Waals surface area contributed by atoms with Crippen LogP contribution in [0, 0.1) is 6.92 Å². The molecule has 2 rings (SSSR count). The standard InChI is InChI=1S/C11H15N3O2/c1-7-4-10(15)9(6-13-7)11(16)14-8-2-3-12-5-8/h4,6,8,12H,2-3,5H2,1H3,(H,13,15)(H,14,16)/t8-/m0/s1. The fourth-order valence-corrected chi connectivity index (χ4v) is 1.79. The number of aromatic amines is 1. The molecule has 1 aromatic rings. The average molecular weight is 221 g/mol. The molecule has 0 radical (unpaired) electrons. The predicted octanol–water partition coefficient (Wildman–Crippen LogP) is -0.225. The van der Waals surface area contributed by atoms with Gasteiger partial charge in [-0.15, -0.1) is 0 Å². The quantitative estimate of drug-likeness (QED) is 0.646. The minimum Gasteiger partial charge on any atom is -0.364 e. The molecular formula is C11H15N3O2. The summed E-state index contributed by atoms with van der Waals surface area (Å²) in [5.74, 6) is -0.296. The molecule has 2 heterocycles. The van der Waals surface area contributed by atoms with E-state index in [1.54, 1.807) is 6.92 Å². The van der Waals surface area contributed by atoms with Crippen molar-refractivity contribution in [2.24, 2.45) is 0 Å². The van der Waals surface area contributed by atoms with E-state index in [2.05, 4.69) is 15.6 Å². The summed E-state index contributed by atoms with van der Waals surface area (Å²) in [5, 5.41) is 5.99. The van der Waals surface area contributed by atoms with Crippen LogP contribution in [0.3, 0.4) is 0 Å². The van der Waals surface area contributed by atoms with E-state index in [-0.39, 0.29) is 22.9 Å². The Bertz CT molecular complexity index is 447. The predicted molar refractivity (Wildman–Crippen MR) is 60.5 cm³/mol. The average Bonchev–Trinajstić information content (AvgIpc) is 2.70. The third-order valence-corrected chi connectivity index (χ3v) is 2.70. The molecule has 1 amide bonds. The third-order valence-electron chi connectivity index (χ3n) is 2.70. The van der Waals surface area contributed by atoms with Crippen molar-refractivity contribution < 1.29 is 4.79 Å². The topological polar surface area (TPSA) is 74.0 Å². The SMILES string of the molecule is Cc1cc(=O)c(C(=O)N[C@H]2CCNC2)c[nH]1. The van der Waals surface area contributed by atoms with E-state index in [0.717, 1.165) is 25.2 Å². The van der Waals surface area contributed by atoms with Crippen molar-refractivity contribution in [3.05, 3.63) is 33.7 Å². The van der Waals surface area contributed by atoms with Crippen LogP contribution in [0.5, 0.6) is 0 Å². The molecule has 5 heteroatoms. The lowest BCUT2D eigenvalue weighted by Gasteiger charge is -2.10. The summed E-state index contributed by atoms with van der Waals surface area (Å²) < 4.78 is 0. The van der Waals surface area contributed by atoms with E-state index in [9.17, 15) is 9.59 Å². The number of rotatable bonds is 2. The maximum Gasteiger partial charge on any atom is 0.257 e. The van der Waals surface area contributed by atoms with Gasteiger partial charge in [0.15, 0.2) is 5.43 Å². The molecule has 1 aromatic heterocycles. The third kappa shape index (κ3) is 2.30. The van der Waals surface area contributed by atoms with Crippen LogP contribution in [0.4, 0.5) is 0 Å². The first-order valence-electron chi connectivity index (χ1n) is 5.38. The van der Waals surface area contributed by atoms with Crippen LogP contribution in [0.15, 0.2) is 17.1 Å². The van der Waals surface area contributed by atoms with Gasteiger partial charge in [0.25, 0.3) is 5.91 Å². The number of H-pyrrole nitrogens is 1.